The van der Waals surface area contributed by atoms with Crippen molar-refractivity contribution in [1.82, 2.24) is 10.3 Å². The van der Waals surface area contributed by atoms with Crippen LogP contribution in [0.1, 0.15) is 29.3 Å². The Balaban J connectivity index is 1.58. The summed E-state index contributed by atoms with van der Waals surface area (Å²) in [5.74, 6) is 0.712. The van der Waals surface area contributed by atoms with Crippen LogP contribution in [-0.2, 0) is 6.42 Å². The molecular weight excluding hydrogens is 384 g/mol. The fourth-order valence-electron chi connectivity index (χ4n) is 3.67. The molecule has 1 atom stereocenters. The van der Waals surface area contributed by atoms with Crippen LogP contribution in [0.15, 0.2) is 84.9 Å². The highest BCUT2D eigenvalue weighted by atomic mass is 16.5. The molecule has 1 unspecified atom stereocenters. The number of hydrogen-bond donors (Lipinski definition) is 1. The predicted octanol–water partition coefficient (Wildman–Crippen LogP) is 5.66. The molecule has 4 rings (SSSR count). The molecular formula is C27H26N2O2. The Bertz CT molecular complexity index is 1170. The number of benzene rings is 3. The number of nitrogens with zero attached hydrogens (tertiary/aromatic N) is 1. The SMILES string of the molecule is COc1ccc(-c2cc(C(=O)NC(C)CCc3ccccc3)c3ccccc3n2)cc1. The molecule has 0 aliphatic heterocycles. The van der Waals surface area contributed by atoms with E-state index in [2.05, 4.69) is 24.4 Å². The quantitative estimate of drug-likeness (QED) is 0.428. The van der Waals surface area contributed by atoms with Gasteiger partial charge in [-0.1, -0.05) is 48.5 Å². The van der Waals surface area contributed by atoms with Gasteiger partial charge in [-0.05, 0) is 61.7 Å². The number of methoxy groups -OCH3 is 1. The number of pyridine rings is 1. The van der Waals surface area contributed by atoms with Crippen LogP contribution >= 0.6 is 0 Å². The van der Waals surface area contributed by atoms with E-state index in [0.29, 0.717) is 5.56 Å². The molecule has 1 N–H and O–H groups in total. The van der Waals surface area contributed by atoms with Gasteiger partial charge in [0.1, 0.15) is 5.75 Å². The second-order valence-corrected chi connectivity index (χ2v) is 7.70. The molecule has 3 aromatic carbocycles. The third-order valence-electron chi connectivity index (χ3n) is 5.43. The lowest BCUT2D eigenvalue weighted by Crippen LogP contribution is -2.33. The Morgan fingerprint density at radius 3 is 2.42 bits per heavy atom. The number of aromatic nitrogens is 1. The van der Waals surface area contributed by atoms with Gasteiger partial charge in [-0.2, -0.15) is 0 Å². The van der Waals surface area contributed by atoms with E-state index in [1.807, 2.05) is 72.8 Å². The summed E-state index contributed by atoms with van der Waals surface area (Å²) in [5.41, 5.74) is 4.43. The molecule has 0 saturated carbocycles. The average Bonchev–Trinajstić information content (AvgIpc) is 2.82. The molecule has 4 aromatic rings. The molecule has 1 amide bonds. The van der Waals surface area contributed by atoms with Gasteiger partial charge in [0.05, 0.1) is 23.9 Å². The van der Waals surface area contributed by atoms with Gasteiger partial charge in [-0.15, -0.1) is 0 Å². The highest BCUT2D eigenvalue weighted by Gasteiger charge is 2.16. The minimum Gasteiger partial charge on any atom is -0.497 e. The van der Waals surface area contributed by atoms with Crippen molar-refractivity contribution in [1.29, 1.82) is 0 Å². The monoisotopic (exact) mass is 410 g/mol. The summed E-state index contributed by atoms with van der Waals surface area (Å²) in [6.07, 6.45) is 1.81. The molecule has 0 radical (unpaired) electrons. The molecule has 1 heterocycles. The van der Waals surface area contributed by atoms with Crippen molar-refractivity contribution in [3.8, 4) is 17.0 Å². The fourth-order valence-corrected chi connectivity index (χ4v) is 3.67. The topological polar surface area (TPSA) is 51.2 Å². The van der Waals surface area contributed by atoms with E-state index in [4.69, 9.17) is 9.72 Å². The summed E-state index contributed by atoms with van der Waals surface area (Å²) in [6, 6.07) is 27.8. The third-order valence-corrected chi connectivity index (χ3v) is 5.43. The van der Waals surface area contributed by atoms with Crippen molar-refractivity contribution in [3.05, 3.63) is 96.1 Å². The van der Waals surface area contributed by atoms with Gasteiger partial charge in [-0.3, -0.25) is 4.79 Å². The Kier molecular flexibility index (Phi) is 6.27. The number of carbonyl (C=O) groups excluding carboxylic acids is 1. The van der Waals surface area contributed by atoms with Gasteiger partial charge in [0.15, 0.2) is 0 Å². The molecule has 31 heavy (non-hydrogen) atoms. The Labute approximate surface area is 182 Å². The number of amides is 1. The van der Waals surface area contributed by atoms with E-state index < -0.39 is 0 Å². The molecule has 0 saturated heterocycles. The van der Waals surface area contributed by atoms with Crippen LogP contribution in [0.3, 0.4) is 0 Å². The Morgan fingerprint density at radius 1 is 0.968 bits per heavy atom. The number of aryl methyl sites for hydroxylation is 1. The second-order valence-electron chi connectivity index (χ2n) is 7.70. The van der Waals surface area contributed by atoms with Crippen LogP contribution in [0.4, 0.5) is 0 Å². The molecule has 0 fully saturated rings. The highest BCUT2D eigenvalue weighted by molar-refractivity contribution is 6.07. The first-order chi connectivity index (χ1) is 15.1. The van der Waals surface area contributed by atoms with Gasteiger partial charge in [-0.25, -0.2) is 4.98 Å². The Hall–Kier alpha value is -3.66. The summed E-state index contributed by atoms with van der Waals surface area (Å²) >= 11 is 0. The summed E-state index contributed by atoms with van der Waals surface area (Å²) in [5, 5.41) is 4.02. The van der Waals surface area contributed by atoms with Crippen molar-refractivity contribution in [3.63, 3.8) is 0 Å². The minimum absolute atomic E-state index is 0.0593. The van der Waals surface area contributed by atoms with E-state index in [1.165, 1.54) is 5.56 Å². The van der Waals surface area contributed by atoms with Crippen LogP contribution in [0.5, 0.6) is 5.75 Å². The van der Waals surface area contributed by atoms with Crippen LogP contribution < -0.4 is 10.1 Å². The number of nitrogens with one attached hydrogen (secondary N) is 1. The zero-order chi connectivity index (χ0) is 21.6. The zero-order valence-electron chi connectivity index (χ0n) is 17.8. The lowest BCUT2D eigenvalue weighted by molar-refractivity contribution is 0.0940. The number of fused-ring (bicyclic) bond motifs is 1. The maximum atomic E-state index is 13.2. The van der Waals surface area contributed by atoms with E-state index in [-0.39, 0.29) is 11.9 Å². The van der Waals surface area contributed by atoms with Gasteiger partial charge in [0, 0.05) is 17.0 Å². The van der Waals surface area contributed by atoms with Crippen molar-refractivity contribution >= 4 is 16.8 Å². The van der Waals surface area contributed by atoms with Crippen LogP contribution in [0.2, 0.25) is 0 Å². The minimum atomic E-state index is -0.0751. The highest BCUT2D eigenvalue weighted by Crippen LogP contribution is 2.26. The third kappa shape index (κ3) is 4.92. The van der Waals surface area contributed by atoms with Crippen molar-refractivity contribution < 1.29 is 9.53 Å². The van der Waals surface area contributed by atoms with Gasteiger partial charge in [0.2, 0.25) is 0 Å². The molecule has 0 aliphatic rings. The van der Waals surface area contributed by atoms with Crippen molar-refractivity contribution in [2.24, 2.45) is 0 Å². The maximum absolute atomic E-state index is 13.2. The van der Waals surface area contributed by atoms with Crippen LogP contribution in [0, 0.1) is 0 Å². The first-order valence-electron chi connectivity index (χ1n) is 10.5. The largest absolute Gasteiger partial charge is 0.497 e. The molecule has 0 aliphatic carbocycles. The molecule has 0 bridgehead atoms. The lowest BCUT2D eigenvalue weighted by atomic mass is 10.0. The standard InChI is InChI=1S/C27H26N2O2/c1-19(12-13-20-8-4-3-5-9-20)28-27(30)24-18-26(21-14-16-22(31-2)17-15-21)29-25-11-7-6-10-23(24)25/h3-11,14-19H,12-13H2,1-2H3,(H,28,30). The summed E-state index contributed by atoms with van der Waals surface area (Å²) in [6.45, 7) is 2.05. The van der Waals surface area contributed by atoms with Gasteiger partial charge >= 0.3 is 0 Å². The summed E-state index contributed by atoms with van der Waals surface area (Å²) in [7, 11) is 1.64. The van der Waals surface area contributed by atoms with Crippen molar-refractivity contribution in [2.75, 3.05) is 7.11 Å². The Morgan fingerprint density at radius 2 is 1.68 bits per heavy atom. The van der Waals surface area contributed by atoms with E-state index in [9.17, 15) is 4.79 Å². The summed E-state index contributed by atoms with van der Waals surface area (Å²) < 4.78 is 5.25. The number of para-hydroxylation sites is 1. The first-order valence-corrected chi connectivity index (χ1v) is 10.5. The normalized spacial score (nSPS) is 11.8. The number of hydrogen-bond acceptors (Lipinski definition) is 3. The molecule has 156 valence electrons. The van der Waals surface area contributed by atoms with E-state index >= 15 is 0 Å². The molecule has 4 heteroatoms. The molecule has 1 aromatic heterocycles. The predicted molar refractivity (Wildman–Crippen MR) is 125 cm³/mol. The fraction of sp³-hybridized carbons (Fsp3) is 0.185. The maximum Gasteiger partial charge on any atom is 0.252 e. The number of rotatable bonds is 7. The summed E-state index contributed by atoms with van der Waals surface area (Å²) in [4.78, 5) is 18.0. The second kappa shape index (κ2) is 9.43. The smallest absolute Gasteiger partial charge is 0.252 e. The number of ether oxygens (including phenoxy) is 1. The first kappa shape index (κ1) is 20.6. The van der Waals surface area contributed by atoms with Gasteiger partial charge in [0.25, 0.3) is 5.91 Å². The van der Waals surface area contributed by atoms with E-state index in [1.54, 1.807) is 7.11 Å². The van der Waals surface area contributed by atoms with E-state index in [0.717, 1.165) is 40.8 Å². The zero-order valence-corrected chi connectivity index (χ0v) is 17.8. The van der Waals surface area contributed by atoms with Crippen LogP contribution in [0.25, 0.3) is 22.2 Å². The van der Waals surface area contributed by atoms with Gasteiger partial charge < -0.3 is 10.1 Å². The molecule has 0 spiro atoms. The van der Waals surface area contributed by atoms with Crippen LogP contribution in [-0.4, -0.2) is 24.0 Å². The number of carbonyl (C=O) groups is 1. The average molecular weight is 411 g/mol. The lowest BCUT2D eigenvalue weighted by Gasteiger charge is -2.16. The van der Waals surface area contributed by atoms with Crippen molar-refractivity contribution in [2.45, 2.75) is 25.8 Å². The molecule has 4 nitrogen and oxygen atoms in total.